The van der Waals surface area contributed by atoms with Gasteiger partial charge in [-0.3, -0.25) is 4.79 Å². The maximum atomic E-state index is 12.2. The summed E-state index contributed by atoms with van der Waals surface area (Å²) in [5, 5.41) is 0. The molecule has 1 fully saturated rings. The van der Waals surface area contributed by atoms with Crippen molar-refractivity contribution in [3.05, 3.63) is 22.5 Å². The van der Waals surface area contributed by atoms with E-state index in [2.05, 4.69) is 4.98 Å². The lowest BCUT2D eigenvalue weighted by molar-refractivity contribution is 0.0928. The molecule has 0 amide bonds. The zero-order valence-electron chi connectivity index (χ0n) is 10.3. The van der Waals surface area contributed by atoms with Crippen molar-refractivity contribution < 1.29 is 13.2 Å². The quantitative estimate of drug-likeness (QED) is 0.815. The van der Waals surface area contributed by atoms with Crippen LogP contribution in [0.15, 0.2) is 0 Å². The Kier molecular flexibility index (Phi) is 2.89. The van der Waals surface area contributed by atoms with Gasteiger partial charge in [-0.1, -0.05) is 0 Å². The highest BCUT2D eigenvalue weighted by Crippen LogP contribution is 2.25. The average molecular weight is 255 g/mol. The third-order valence-electron chi connectivity index (χ3n) is 3.66. The van der Waals surface area contributed by atoms with Crippen molar-refractivity contribution in [2.75, 3.05) is 11.5 Å². The van der Waals surface area contributed by atoms with Gasteiger partial charge in [-0.25, -0.2) is 8.42 Å². The average Bonchev–Trinajstić information content (AvgIpc) is 2.73. The van der Waals surface area contributed by atoms with Crippen molar-refractivity contribution in [3.8, 4) is 0 Å². The second kappa shape index (κ2) is 3.98. The SMILES string of the molecule is Cc1[nH]c(C(=O)C2CCS(=O)(=O)C2)c(C)c1C. The predicted octanol–water partition coefficient (Wildman–Crippen LogP) is 1.56. The number of nitrogens with one attached hydrogen (secondary N) is 1. The molecule has 1 saturated heterocycles. The van der Waals surface area contributed by atoms with Gasteiger partial charge in [-0.05, 0) is 38.3 Å². The third kappa shape index (κ3) is 2.16. The molecule has 1 N–H and O–H groups in total. The fourth-order valence-electron chi connectivity index (χ4n) is 2.30. The van der Waals surface area contributed by atoms with E-state index in [4.69, 9.17) is 0 Å². The smallest absolute Gasteiger partial charge is 0.183 e. The van der Waals surface area contributed by atoms with Gasteiger partial charge >= 0.3 is 0 Å². The number of rotatable bonds is 2. The molecule has 2 heterocycles. The maximum absolute atomic E-state index is 12.2. The number of carbonyl (C=O) groups excluding carboxylic acids is 1. The molecule has 1 aromatic rings. The molecule has 4 nitrogen and oxygen atoms in total. The number of sulfone groups is 1. The van der Waals surface area contributed by atoms with E-state index in [0.29, 0.717) is 12.1 Å². The molecule has 0 saturated carbocycles. The van der Waals surface area contributed by atoms with E-state index in [0.717, 1.165) is 16.8 Å². The standard InChI is InChI=1S/C12H17NO3S/c1-7-8(2)11(13-9(7)3)12(14)10-4-5-17(15,16)6-10/h10,13H,4-6H2,1-3H3. The summed E-state index contributed by atoms with van der Waals surface area (Å²) in [5.74, 6) is -0.278. The Morgan fingerprint density at radius 3 is 2.29 bits per heavy atom. The highest BCUT2D eigenvalue weighted by atomic mass is 32.2. The van der Waals surface area contributed by atoms with Crippen LogP contribution in [-0.4, -0.2) is 30.7 Å². The first-order chi connectivity index (χ1) is 7.82. The van der Waals surface area contributed by atoms with Gasteiger partial charge in [0.2, 0.25) is 0 Å². The molecule has 94 valence electrons. The molecule has 0 aromatic carbocycles. The van der Waals surface area contributed by atoms with Crippen molar-refractivity contribution in [1.29, 1.82) is 0 Å². The lowest BCUT2D eigenvalue weighted by atomic mass is 9.98. The number of ketones is 1. The maximum Gasteiger partial charge on any atom is 0.183 e. The van der Waals surface area contributed by atoms with E-state index >= 15 is 0 Å². The molecule has 0 aliphatic carbocycles. The summed E-state index contributed by atoms with van der Waals surface area (Å²) in [6.45, 7) is 5.78. The highest BCUT2D eigenvalue weighted by Gasteiger charge is 2.34. The first-order valence-corrected chi connectivity index (χ1v) is 7.54. The van der Waals surface area contributed by atoms with Gasteiger partial charge in [0.25, 0.3) is 0 Å². The molecule has 0 radical (unpaired) electrons. The molecular weight excluding hydrogens is 238 g/mol. The van der Waals surface area contributed by atoms with Gasteiger partial charge < -0.3 is 4.98 Å². The van der Waals surface area contributed by atoms with Gasteiger partial charge in [0.1, 0.15) is 0 Å². The van der Waals surface area contributed by atoms with Crippen LogP contribution in [-0.2, 0) is 9.84 Å². The van der Waals surface area contributed by atoms with Gasteiger partial charge in [0.05, 0.1) is 17.2 Å². The van der Waals surface area contributed by atoms with Crippen LogP contribution in [0.2, 0.25) is 0 Å². The van der Waals surface area contributed by atoms with E-state index in [1.807, 2.05) is 20.8 Å². The number of hydrogen-bond acceptors (Lipinski definition) is 3. The van der Waals surface area contributed by atoms with Crippen molar-refractivity contribution in [3.63, 3.8) is 0 Å². The van der Waals surface area contributed by atoms with Crippen LogP contribution in [0, 0.1) is 26.7 Å². The molecule has 0 bridgehead atoms. The first-order valence-electron chi connectivity index (χ1n) is 5.72. The van der Waals surface area contributed by atoms with Gasteiger partial charge in [-0.15, -0.1) is 0 Å². The highest BCUT2D eigenvalue weighted by molar-refractivity contribution is 7.91. The summed E-state index contributed by atoms with van der Waals surface area (Å²) in [4.78, 5) is 15.3. The fraction of sp³-hybridized carbons (Fsp3) is 0.583. The molecular formula is C12H17NO3S. The number of Topliss-reactive ketones (excluding diaryl/α,β-unsaturated/α-hetero) is 1. The summed E-state index contributed by atoms with van der Waals surface area (Å²) in [6, 6.07) is 0. The van der Waals surface area contributed by atoms with E-state index < -0.39 is 9.84 Å². The van der Waals surface area contributed by atoms with Crippen LogP contribution >= 0.6 is 0 Å². The first kappa shape index (κ1) is 12.4. The summed E-state index contributed by atoms with van der Waals surface area (Å²) >= 11 is 0. The largest absolute Gasteiger partial charge is 0.356 e. The number of aromatic nitrogens is 1. The Hall–Kier alpha value is -1.10. The topological polar surface area (TPSA) is 67.0 Å². The second-order valence-corrected chi connectivity index (χ2v) is 7.07. The van der Waals surface area contributed by atoms with Crippen molar-refractivity contribution in [2.24, 2.45) is 5.92 Å². The van der Waals surface area contributed by atoms with E-state index in [1.165, 1.54) is 0 Å². The van der Waals surface area contributed by atoms with Crippen molar-refractivity contribution >= 4 is 15.6 Å². The molecule has 1 aliphatic heterocycles. The minimum absolute atomic E-state index is 0.00237. The van der Waals surface area contributed by atoms with E-state index in [1.54, 1.807) is 0 Å². The Labute approximate surface area is 101 Å². The molecule has 2 rings (SSSR count). The zero-order chi connectivity index (χ0) is 12.8. The Morgan fingerprint density at radius 1 is 1.24 bits per heavy atom. The van der Waals surface area contributed by atoms with E-state index in [9.17, 15) is 13.2 Å². The van der Waals surface area contributed by atoms with Crippen LogP contribution in [0.5, 0.6) is 0 Å². The second-order valence-electron chi connectivity index (χ2n) is 4.84. The number of carbonyl (C=O) groups is 1. The van der Waals surface area contributed by atoms with Crippen LogP contribution in [0.3, 0.4) is 0 Å². The molecule has 17 heavy (non-hydrogen) atoms. The molecule has 5 heteroatoms. The molecule has 1 atom stereocenters. The van der Waals surface area contributed by atoms with Crippen LogP contribution in [0.1, 0.15) is 33.7 Å². The zero-order valence-corrected chi connectivity index (χ0v) is 11.1. The van der Waals surface area contributed by atoms with Crippen LogP contribution < -0.4 is 0 Å². The monoisotopic (exact) mass is 255 g/mol. The normalized spacial score (nSPS) is 22.9. The fourth-order valence-corrected chi connectivity index (χ4v) is 4.04. The Bertz CT molecular complexity index is 569. The van der Waals surface area contributed by atoms with Crippen molar-refractivity contribution in [1.82, 2.24) is 4.98 Å². The van der Waals surface area contributed by atoms with E-state index in [-0.39, 0.29) is 23.2 Å². The minimum Gasteiger partial charge on any atom is -0.356 e. The minimum atomic E-state index is -3.00. The Morgan fingerprint density at radius 2 is 1.88 bits per heavy atom. The van der Waals surface area contributed by atoms with Crippen LogP contribution in [0.4, 0.5) is 0 Å². The molecule has 0 spiro atoms. The molecule has 1 aliphatic rings. The number of aryl methyl sites for hydroxylation is 1. The number of aromatic amines is 1. The van der Waals surface area contributed by atoms with Gasteiger partial charge in [0.15, 0.2) is 15.6 Å². The van der Waals surface area contributed by atoms with Crippen molar-refractivity contribution in [2.45, 2.75) is 27.2 Å². The number of hydrogen-bond donors (Lipinski definition) is 1. The summed E-state index contributed by atoms with van der Waals surface area (Å²) in [7, 11) is -3.00. The Balaban J connectivity index is 2.30. The third-order valence-corrected chi connectivity index (χ3v) is 5.43. The van der Waals surface area contributed by atoms with Gasteiger partial charge in [0, 0.05) is 11.6 Å². The number of H-pyrrole nitrogens is 1. The summed E-state index contributed by atoms with van der Waals surface area (Å²) in [6.07, 6.45) is 0.456. The summed E-state index contributed by atoms with van der Waals surface area (Å²) in [5.41, 5.74) is 3.58. The molecule has 1 unspecified atom stereocenters. The lowest BCUT2D eigenvalue weighted by Gasteiger charge is -2.05. The predicted molar refractivity (Wildman–Crippen MR) is 66.1 cm³/mol. The molecule has 1 aromatic heterocycles. The van der Waals surface area contributed by atoms with Crippen LogP contribution in [0.25, 0.3) is 0 Å². The lowest BCUT2D eigenvalue weighted by Crippen LogP contribution is -2.17. The summed E-state index contributed by atoms with van der Waals surface area (Å²) < 4.78 is 22.7. The van der Waals surface area contributed by atoms with Gasteiger partial charge in [-0.2, -0.15) is 0 Å².